The van der Waals surface area contributed by atoms with E-state index in [0.29, 0.717) is 0 Å². The molecular weight excluding hydrogens is 244 g/mol. The minimum atomic E-state index is 0.817. The van der Waals surface area contributed by atoms with E-state index < -0.39 is 0 Å². The molecule has 0 atom stereocenters. The van der Waals surface area contributed by atoms with E-state index in [1.165, 1.54) is 44.6 Å². The number of nitrogens with zero attached hydrogens (tertiary/aromatic N) is 2. The van der Waals surface area contributed by atoms with E-state index in [0.717, 1.165) is 18.1 Å². The molecule has 2 rings (SSSR count). The molecule has 0 aliphatic carbocycles. The summed E-state index contributed by atoms with van der Waals surface area (Å²) in [4.78, 5) is 5.04. The van der Waals surface area contributed by atoms with Crippen LogP contribution in [0.4, 0.5) is 5.69 Å². The van der Waals surface area contributed by atoms with Gasteiger partial charge in [-0.1, -0.05) is 31.4 Å². The SMILES string of the molecule is CCCCCN1CCN(c2ccc(Cl)cc2)CC1. The van der Waals surface area contributed by atoms with Crippen molar-refractivity contribution >= 4 is 17.3 Å². The van der Waals surface area contributed by atoms with Crippen LogP contribution < -0.4 is 4.90 Å². The fourth-order valence-electron chi connectivity index (χ4n) is 2.47. The van der Waals surface area contributed by atoms with Gasteiger partial charge in [-0.25, -0.2) is 0 Å². The van der Waals surface area contributed by atoms with Gasteiger partial charge in [0.15, 0.2) is 0 Å². The number of anilines is 1. The van der Waals surface area contributed by atoms with Crippen molar-refractivity contribution in [3.8, 4) is 0 Å². The largest absolute Gasteiger partial charge is 0.369 e. The van der Waals surface area contributed by atoms with E-state index in [9.17, 15) is 0 Å². The molecular formula is C15H23ClN2. The summed E-state index contributed by atoms with van der Waals surface area (Å²) < 4.78 is 0. The van der Waals surface area contributed by atoms with Crippen LogP contribution in [0.5, 0.6) is 0 Å². The van der Waals surface area contributed by atoms with Gasteiger partial charge in [0.2, 0.25) is 0 Å². The van der Waals surface area contributed by atoms with Crippen LogP contribution in [0.2, 0.25) is 5.02 Å². The van der Waals surface area contributed by atoms with E-state index in [-0.39, 0.29) is 0 Å². The first-order chi connectivity index (χ1) is 8.79. The number of rotatable bonds is 5. The van der Waals surface area contributed by atoms with Crippen molar-refractivity contribution in [2.45, 2.75) is 26.2 Å². The third-order valence-electron chi connectivity index (χ3n) is 3.64. The highest BCUT2D eigenvalue weighted by Crippen LogP contribution is 2.19. The molecule has 2 nitrogen and oxygen atoms in total. The number of benzene rings is 1. The second-order valence-electron chi connectivity index (χ2n) is 5.01. The summed E-state index contributed by atoms with van der Waals surface area (Å²) in [7, 11) is 0. The monoisotopic (exact) mass is 266 g/mol. The number of unbranched alkanes of at least 4 members (excludes halogenated alkanes) is 2. The Morgan fingerprint density at radius 3 is 2.28 bits per heavy atom. The van der Waals surface area contributed by atoms with Crippen LogP contribution in [-0.4, -0.2) is 37.6 Å². The molecule has 0 bridgehead atoms. The summed E-state index contributed by atoms with van der Waals surface area (Å²) in [6, 6.07) is 8.19. The van der Waals surface area contributed by atoms with E-state index in [1.54, 1.807) is 0 Å². The second-order valence-corrected chi connectivity index (χ2v) is 5.45. The molecule has 1 aliphatic heterocycles. The van der Waals surface area contributed by atoms with Crippen LogP contribution in [0.25, 0.3) is 0 Å². The Kier molecular flexibility index (Phi) is 5.33. The van der Waals surface area contributed by atoms with Gasteiger partial charge in [-0.3, -0.25) is 4.90 Å². The van der Waals surface area contributed by atoms with Gasteiger partial charge < -0.3 is 4.90 Å². The Balaban J connectivity index is 1.77. The van der Waals surface area contributed by atoms with Crippen molar-refractivity contribution in [3.05, 3.63) is 29.3 Å². The van der Waals surface area contributed by atoms with Gasteiger partial charge in [0.1, 0.15) is 0 Å². The summed E-state index contributed by atoms with van der Waals surface area (Å²) >= 11 is 5.92. The van der Waals surface area contributed by atoms with E-state index in [2.05, 4.69) is 28.9 Å². The van der Waals surface area contributed by atoms with Crippen LogP contribution >= 0.6 is 11.6 Å². The third-order valence-corrected chi connectivity index (χ3v) is 3.89. The first kappa shape index (κ1) is 13.7. The molecule has 18 heavy (non-hydrogen) atoms. The minimum Gasteiger partial charge on any atom is -0.369 e. The fourth-order valence-corrected chi connectivity index (χ4v) is 2.59. The number of piperazine rings is 1. The van der Waals surface area contributed by atoms with Crippen LogP contribution in [-0.2, 0) is 0 Å². The molecule has 0 saturated carbocycles. The van der Waals surface area contributed by atoms with E-state index in [4.69, 9.17) is 11.6 Å². The minimum absolute atomic E-state index is 0.817. The zero-order valence-electron chi connectivity index (χ0n) is 11.2. The van der Waals surface area contributed by atoms with Crippen molar-refractivity contribution in [2.24, 2.45) is 0 Å². The van der Waals surface area contributed by atoms with Crippen LogP contribution in [0, 0.1) is 0 Å². The summed E-state index contributed by atoms with van der Waals surface area (Å²) in [6.07, 6.45) is 4.01. The predicted octanol–water partition coefficient (Wildman–Crippen LogP) is 3.65. The fraction of sp³-hybridized carbons (Fsp3) is 0.600. The Morgan fingerprint density at radius 1 is 1.00 bits per heavy atom. The Hall–Kier alpha value is -0.730. The number of hydrogen-bond acceptors (Lipinski definition) is 2. The molecule has 1 aliphatic rings. The van der Waals surface area contributed by atoms with Crippen molar-refractivity contribution in [2.75, 3.05) is 37.6 Å². The summed E-state index contributed by atoms with van der Waals surface area (Å²) in [5, 5.41) is 0.817. The van der Waals surface area contributed by atoms with Crippen molar-refractivity contribution < 1.29 is 0 Å². The van der Waals surface area contributed by atoms with Gasteiger partial charge in [0.25, 0.3) is 0 Å². The molecule has 1 aromatic carbocycles. The Labute approximate surface area is 116 Å². The molecule has 100 valence electrons. The molecule has 0 aromatic heterocycles. The Morgan fingerprint density at radius 2 is 1.67 bits per heavy atom. The van der Waals surface area contributed by atoms with E-state index in [1.807, 2.05) is 12.1 Å². The van der Waals surface area contributed by atoms with Gasteiger partial charge >= 0.3 is 0 Å². The highest BCUT2D eigenvalue weighted by molar-refractivity contribution is 6.30. The lowest BCUT2D eigenvalue weighted by Crippen LogP contribution is -2.46. The van der Waals surface area contributed by atoms with Gasteiger partial charge in [-0.15, -0.1) is 0 Å². The first-order valence-electron chi connectivity index (χ1n) is 7.02. The van der Waals surface area contributed by atoms with Gasteiger partial charge in [-0.2, -0.15) is 0 Å². The lowest BCUT2D eigenvalue weighted by Gasteiger charge is -2.36. The van der Waals surface area contributed by atoms with Gasteiger partial charge in [0, 0.05) is 36.9 Å². The lowest BCUT2D eigenvalue weighted by atomic mass is 10.2. The summed E-state index contributed by atoms with van der Waals surface area (Å²) in [5.74, 6) is 0. The van der Waals surface area contributed by atoms with Crippen LogP contribution in [0.3, 0.4) is 0 Å². The van der Waals surface area contributed by atoms with Crippen molar-refractivity contribution in [1.82, 2.24) is 4.90 Å². The molecule has 0 spiro atoms. The molecule has 3 heteroatoms. The molecule has 0 amide bonds. The standard InChI is InChI=1S/C15H23ClN2/c1-2-3-4-9-17-10-12-18(13-11-17)15-7-5-14(16)6-8-15/h5-8H,2-4,9-13H2,1H3. The molecule has 1 saturated heterocycles. The average Bonchev–Trinajstić information content (AvgIpc) is 2.41. The third kappa shape index (κ3) is 3.89. The number of hydrogen-bond donors (Lipinski definition) is 0. The second kappa shape index (κ2) is 7.01. The molecule has 0 radical (unpaired) electrons. The highest BCUT2D eigenvalue weighted by Gasteiger charge is 2.16. The van der Waals surface area contributed by atoms with Crippen LogP contribution in [0.1, 0.15) is 26.2 Å². The summed E-state index contributed by atoms with van der Waals surface area (Å²) in [5.41, 5.74) is 1.30. The van der Waals surface area contributed by atoms with Gasteiger partial charge in [-0.05, 0) is 37.2 Å². The summed E-state index contributed by atoms with van der Waals surface area (Å²) in [6.45, 7) is 8.17. The molecule has 1 heterocycles. The van der Waals surface area contributed by atoms with Crippen molar-refractivity contribution in [3.63, 3.8) is 0 Å². The zero-order chi connectivity index (χ0) is 12.8. The van der Waals surface area contributed by atoms with Gasteiger partial charge in [0.05, 0.1) is 0 Å². The topological polar surface area (TPSA) is 6.48 Å². The molecule has 1 fully saturated rings. The maximum atomic E-state index is 5.92. The quantitative estimate of drug-likeness (QED) is 0.751. The maximum Gasteiger partial charge on any atom is 0.0407 e. The zero-order valence-corrected chi connectivity index (χ0v) is 12.0. The average molecular weight is 267 g/mol. The molecule has 0 N–H and O–H groups in total. The first-order valence-corrected chi connectivity index (χ1v) is 7.40. The predicted molar refractivity (Wildman–Crippen MR) is 79.6 cm³/mol. The maximum absolute atomic E-state index is 5.92. The number of halogens is 1. The molecule has 0 unspecified atom stereocenters. The lowest BCUT2D eigenvalue weighted by molar-refractivity contribution is 0.252. The molecule has 1 aromatic rings. The smallest absolute Gasteiger partial charge is 0.0407 e. The Bertz CT molecular complexity index is 342. The van der Waals surface area contributed by atoms with Crippen LogP contribution in [0.15, 0.2) is 24.3 Å². The highest BCUT2D eigenvalue weighted by atomic mass is 35.5. The van der Waals surface area contributed by atoms with Crippen molar-refractivity contribution in [1.29, 1.82) is 0 Å². The normalized spacial score (nSPS) is 17.1. The van der Waals surface area contributed by atoms with E-state index >= 15 is 0 Å².